The molecule has 1 saturated heterocycles. The number of rotatable bonds is 0. The van der Waals surface area contributed by atoms with Crippen LogP contribution >= 0.6 is 0 Å². The van der Waals surface area contributed by atoms with Crippen LogP contribution in [0.5, 0.6) is 0 Å². The molecule has 1 aliphatic heterocycles. The minimum Gasteiger partial charge on any atom is -0.295 e. The number of hydrogen-bond donors (Lipinski definition) is 0. The van der Waals surface area contributed by atoms with Crippen molar-refractivity contribution in [1.29, 1.82) is 0 Å². The lowest BCUT2D eigenvalue weighted by atomic mass is 9.93. The van der Waals surface area contributed by atoms with Crippen LogP contribution in [0.2, 0.25) is 0 Å². The van der Waals surface area contributed by atoms with Crippen molar-refractivity contribution in [2.75, 3.05) is 13.6 Å². The Morgan fingerprint density at radius 3 is 2.33 bits per heavy atom. The van der Waals surface area contributed by atoms with Gasteiger partial charge in [0.2, 0.25) is 0 Å². The highest BCUT2D eigenvalue weighted by atomic mass is 19.4. The lowest BCUT2D eigenvalue weighted by Crippen LogP contribution is -2.48. The molecular weight excluding hydrogens is 167 g/mol. The van der Waals surface area contributed by atoms with E-state index in [4.69, 9.17) is 0 Å². The van der Waals surface area contributed by atoms with E-state index in [-0.39, 0.29) is 12.3 Å². The fraction of sp³-hybridized carbons (Fsp3) is 1.00. The van der Waals surface area contributed by atoms with Crippen LogP contribution in [0.15, 0.2) is 0 Å². The van der Waals surface area contributed by atoms with Crippen molar-refractivity contribution >= 4 is 0 Å². The molecule has 1 unspecified atom stereocenters. The van der Waals surface area contributed by atoms with Crippen LogP contribution in [0, 0.1) is 5.92 Å². The van der Waals surface area contributed by atoms with E-state index in [1.807, 2.05) is 6.92 Å². The van der Waals surface area contributed by atoms with Crippen molar-refractivity contribution < 1.29 is 13.2 Å². The van der Waals surface area contributed by atoms with Gasteiger partial charge >= 0.3 is 6.18 Å². The van der Waals surface area contributed by atoms with Gasteiger partial charge in [-0.1, -0.05) is 6.92 Å². The summed E-state index contributed by atoms with van der Waals surface area (Å²) < 4.78 is 37.0. The zero-order valence-corrected chi connectivity index (χ0v) is 7.36. The smallest absolute Gasteiger partial charge is 0.295 e. The molecule has 0 saturated carbocycles. The Labute approximate surface area is 70.5 Å². The van der Waals surface area contributed by atoms with Gasteiger partial charge in [-0.2, -0.15) is 13.2 Å². The molecule has 12 heavy (non-hydrogen) atoms. The lowest BCUT2D eigenvalue weighted by molar-refractivity contribution is -0.191. The van der Waals surface area contributed by atoms with Gasteiger partial charge in [-0.05, 0) is 32.4 Å². The summed E-state index contributed by atoms with van der Waals surface area (Å²) in [4.78, 5) is 1.40. The molecule has 0 aromatic heterocycles. The molecule has 1 fully saturated rings. The average molecular weight is 181 g/mol. The van der Waals surface area contributed by atoms with Crippen molar-refractivity contribution in [2.24, 2.45) is 5.92 Å². The molecule has 0 N–H and O–H groups in total. The Morgan fingerprint density at radius 1 is 1.33 bits per heavy atom. The zero-order chi connectivity index (χ0) is 9.35. The minimum atomic E-state index is -4.05. The van der Waals surface area contributed by atoms with Crippen LogP contribution in [0.4, 0.5) is 13.2 Å². The molecule has 1 rings (SSSR count). The molecule has 1 heterocycles. The molecule has 0 aliphatic carbocycles. The minimum absolute atomic E-state index is 0.202. The highest BCUT2D eigenvalue weighted by molar-refractivity contribution is 4.83. The predicted octanol–water partition coefficient (Wildman–Crippen LogP) is 2.28. The van der Waals surface area contributed by atoms with E-state index in [1.165, 1.54) is 4.90 Å². The second-order valence-corrected chi connectivity index (χ2v) is 3.67. The number of halogens is 3. The van der Waals surface area contributed by atoms with Gasteiger partial charge < -0.3 is 0 Å². The zero-order valence-electron chi connectivity index (χ0n) is 7.36. The Morgan fingerprint density at radius 2 is 1.92 bits per heavy atom. The molecular formula is C8H14F3N. The standard InChI is InChI=1S/C8H14F3N/c1-6-3-4-12(2)7(5-6)8(9,10)11/h6-7H,3-5H2,1-2H3/t6?,7-/m0/s1. The molecule has 4 heteroatoms. The van der Waals surface area contributed by atoms with Gasteiger partial charge in [-0.25, -0.2) is 0 Å². The third-order valence-corrected chi connectivity index (χ3v) is 2.51. The lowest BCUT2D eigenvalue weighted by Gasteiger charge is -2.36. The Kier molecular flexibility index (Phi) is 2.66. The Balaban J connectivity index is 2.61. The van der Waals surface area contributed by atoms with Crippen LogP contribution in [-0.4, -0.2) is 30.7 Å². The number of likely N-dealkylation sites (tertiary alicyclic amines) is 1. The molecule has 1 aliphatic rings. The number of hydrogen-bond acceptors (Lipinski definition) is 1. The van der Waals surface area contributed by atoms with Gasteiger partial charge in [0.25, 0.3) is 0 Å². The van der Waals surface area contributed by atoms with E-state index >= 15 is 0 Å². The topological polar surface area (TPSA) is 3.24 Å². The summed E-state index contributed by atoms with van der Waals surface area (Å²) in [6.07, 6.45) is -2.92. The second kappa shape index (κ2) is 3.24. The van der Waals surface area contributed by atoms with Crippen LogP contribution in [0.25, 0.3) is 0 Å². The third kappa shape index (κ3) is 2.12. The van der Waals surface area contributed by atoms with Crippen molar-refractivity contribution in [2.45, 2.75) is 32.0 Å². The molecule has 0 bridgehead atoms. The fourth-order valence-electron chi connectivity index (χ4n) is 1.64. The first kappa shape index (κ1) is 9.84. The summed E-state index contributed by atoms with van der Waals surface area (Å²) >= 11 is 0. The quantitative estimate of drug-likeness (QED) is 0.554. The maximum atomic E-state index is 12.3. The second-order valence-electron chi connectivity index (χ2n) is 3.67. The van der Waals surface area contributed by atoms with Crippen LogP contribution in [-0.2, 0) is 0 Å². The van der Waals surface area contributed by atoms with Gasteiger partial charge in [-0.15, -0.1) is 0 Å². The van der Waals surface area contributed by atoms with Gasteiger partial charge in [0.1, 0.15) is 6.04 Å². The van der Waals surface area contributed by atoms with Crippen LogP contribution < -0.4 is 0 Å². The summed E-state index contributed by atoms with van der Waals surface area (Å²) in [5.74, 6) is 0.202. The normalized spacial score (nSPS) is 33.8. The molecule has 0 spiro atoms. The first-order valence-electron chi connectivity index (χ1n) is 4.18. The van der Waals surface area contributed by atoms with Gasteiger partial charge in [0.15, 0.2) is 0 Å². The largest absolute Gasteiger partial charge is 0.404 e. The van der Waals surface area contributed by atoms with Crippen LogP contribution in [0.3, 0.4) is 0 Å². The molecule has 0 aromatic carbocycles. The number of alkyl halides is 3. The van der Waals surface area contributed by atoms with Crippen molar-refractivity contribution in [1.82, 2.24) is 4.90 Å². The number of piperidine rings is 1. The average Bonchev–Trinajstić information content (AvgIpc) is 1.92. The van der Waals surface area contributed by atoms with E-state index in [2.05, 4.69) is 0 Å². The SMILES string of the molecule is CC1CCN(C)[C@H](C(F)(F)F)C1. The third-order valence-electron chi connectivity index (χ3n) is 2.51. The van der Waals surface area contributed by atoms with Crippen LogP contribution in [0.1, 0.15) is 19.8 Å². The maximum absolute atomic E-state index is 12.3. The molecule has 2 atom stereocenters. The molecule has 1 nitrogen and oxygen atoms in total. The molecule has 0 amide bonds. The first-order chi connectivity index (χ1) is 5.41. The predicted molar refractivity (Wildman–Crippen MR) is 40.9 cm³/mol. The van der Waals surface area contributed by atoms with Gasteiger partial charge in [0.05, 0.1) is 0 Å². The highest BCUT2D eigenvalue weighted by Crippen LogP contribution is 2.32. The fourth-order valence-corrected chi connectivity index (χ4v) is 1.64. The monoisotopic (exact) mass is 181 g/mol. The summed E-state index contributed by atoms with van der Waals surface area (Å²) in [6, 6.07) is -1.22. The highest BCUT2D eigenvalue weighted by Gasteiger charge is 2.44. The van der Waals surface area contributed by atoms with Crippen molar-refractivity contribution in [3.05, 3.63) is 0 Å². The van der Waals surface area contributed by atoms with Crippen molar-refractivity contribution in [3.63, 3.8) is 0 Å². The molecule has 0 radical (unpaired) electrons. The summed E-state index contributed by atoms with van der Waals surface area (Å²) in [7, 11) is 1.55. The Hall–Kier alpha value is -0.250. The summed E-state index contributed by atoms with van der Waals surface area (Å²) in [6.45, 7) is 2.44. The summed E-state index contributed by atoms with van der Waals surface area (Å²) in [5, 5.41) is 0. The van der Waals surface area contributed by atoms with E-state index in [0.717, 1.165) is 6.42 Å². The first-order valence-corrected chi connectivity index (χ1v) is 4.18. The van der Waals surface area contributed by atoms with E-state index < -0.39 is 12.2 Å². The van der Waals surface area contributed by atoms with Crippen molar-refractivity contribution in [3.8, 4) is 0 Å². The van der Waals surface area contributed by atoms with E-state index in [1.54, 1.807) is 7.05 Å². The number of nitrogens with zero attached hydrogens (tertiary/aromatic N) is 1. The van der Waals surface area contributed by atoms with E-state index in [0.29, 0.717) is 6.54 Å². The van der Waals surface area contributed by atoms with E-state index in [9.17, 15) is 13.2 Å². The van der Waals surface area contributed by atoms with Gasteiger partial charge in [0, 0.05) is 0 Å². The maximum Gasteiger partial charge on any atom is 0.404 e. The molecule has 0 aromatic rings. The Bertz CT molecular complexity index is 155. The summed E-state index contributed by atoms with van der Waals surface area (Å²) in [5.41, 5.74) is 0. The molecule has 72 valence electrons. The van der Waals surface area contributed by atoms with Gasteiger partial charge in [-0.3, -0.25) is 4.90 Å².